The number of hydrogen-bond donors (Lipinski definition) is 2. The summed E-state index contributed by atoms with van der Waals surface area (Å²) in [6.07, 6.45) is -0.814. The highest BCUT2D eigenvalue weighted by molar-refractivity contribution is 9.11. The second-order valence-electron chi connectivity index (χ2n) is 5.42. The summed E-state index contributed by atoms with van der Waals surface area (Å²) in [4.78, 5) is 17.4. The first-order valence-corrected chi connectivity index (χ1v) is 6.89. The number of nitrogens with two attached hydrogens (primary N) is 1. The number of nitriles is 2. The number of rotatable bonds is 3. The SMILES string of the molecule is CC(C)=NO[C@H]1NC(Br)=C(C#N)[C@](C#N)(C(N)=O)C1(C)C. The van der Waals surface area contributed by atoms with Crippen LogP contribution in [0.2, 0.25) is 0 Å². The van der Waals surface area contributed by atoms with Gasteiger partial charge in [0.15, 0.2) is 5.41 Å². The maximum absolute atomic E-state index is 12.0. The molecule has 112 valence electrons. The number of amides is 1. The molecule has 0 aliphatic carbocycles. The Morgan fingerprint density at radius 2 is 2.05 bits per heavy atom. The Balaban J connectivity index is 3.55. The number of nitrogens with zero attached hydrogens (tertiary/aromatic N) is 3. The topological polar surface area (TPSA) is 124 Å². The monoisotopic (exact) mass is 353 g/mol. The standard InChI is InChI=1S/C13H16BrN5O2/c1-7(2)19-21-11-12(3,4)13(6-16,10(17)20)8(5-15)9(14)18-11/h11,18H,1-4H3,(H2,17,20)/t11-,13-/m1/s1. The molecule has 21 heavy (non-hydrogen) atoms. The van der Waals surface area contributed by atoms with Crippen LogP contribution >= 0.6 is 15.9 Å². The molecule has 1 aliphatic rings. The van der Waals surface area contributed by atoms with Gasteiger partial charge in [0.25, 0.3) is 0 Å². The van der Waals surface area contributed by atoms with E-state index in [-0.39, 0.29) is 10.2 Å². The number of halogens is 1. The molecule has 1 amide bonds. The molecule has 0 radical (unpaired) electrons. The van der Waals surface area contributed by atoms with E-state index in [2.05, 4.69) is 26.4 Å². The molecule has 0 aromatic heterocycles. The van der Waals surface area contributed by atoms with E-state index in [9.17, 15) is 15.3 Å². The van der Waals surface area contributed by atoms with Gasteiger partial charge in [-0.2, -0.15) is 10.5 Å². The summed E-state index contributed by atoms with van der Waals surface area (Å²) in [6, 6.07) is 3.78. The molecule has 0 aromatic carbocycles. The van der Waals surface area contributed by atoms with Gasteiger partial charge in [0.05, 0.1) is 33.4 Å². The maximum atomic E-state index is 12.0. The third-order valence-corrected chi connectivity index (χ3v) is 4.09. The van der Waals surface area contributed by atoms with Gasteiger partial charge in [-0.1, -0.05) is 19.0 Å². The van der Waals surface area contributed by atoms with Crippen molar-refractivity contribution < 1.29 is 9.63 Å². The van der Waals surface area contributed by atoms with Crippen molar-refractivity contribution in [3.05, 3.63) is 10.2 Å². The predicted molar refractivity (Wildman–Crippen MR) is 79.4 cm³/mol. The number of carbonyl (C=O) groups is 1. The summed E-state index contributed by atoms with van der Waals surface area (Å²) in [5.41, 5.74) is 3.10. The van der Waals surface area contributed by atoms with Crippen molar-refractivity contribution in [1.29, 1.82) is 10.5 Å². The van der Waals surface area contributed by atoms with Gasteiger partial charge < -0.3 is 15.9 Å². The summed E-state index contributed by atoms with van der Waals surface area (Å²) < 4.78 is 0.193. The second kappa shape index (κ2) is 5.74. The molecule has 0 bridgehead atoms. The fourth-order valence-corrected chi connectivity index (χ4v) is 2.79. The maximum Gasteiger partial charge on any atom is 0.244 e. The van der Waals surface area contributed by atoms with Crippen LogP contribution in [0.3, 0.4) is 0 Å². The fourth-order valence-electron chi connectivity index (χ4n) is 2.20. The van der Waals surface area contributed by atoms with Crippen LogP contribution in [0.25, 0.3) is 0 Å². The highest BCUT2D eigenvalue weighted by Gasteiger charge is 2.62. The van der Waals surface area contributed by atoms with Crippen LogP contribution in [-0.4, -0.2) is 17.8 Å². The zero-order chi connectivity index (χ0) is 16.4. The quantitative estimate of drug-likeness (QED) is 0.451. The van der Waals surface area contributed by atoms with E-state index in [0.717, 1.165) is 0 Å². The molecule has 0 fully saturated rings. The molecule has 2 atom stereocenters. The highest BCUT2D eigenvalue weighted by Crippen LogP contribution is 2.51. The Morgan fingerprint density at radius 3 is 2.43 bits per heavy atom. The van der Waals surface area contributed by atoms with Gasteiger partial charge in [-0.05, 0) is 29.8 Å². The van der Waals surface area contributed by atoms with Gasteiger partial charge >= 0.3 is 0 Å². The normalized spacial score (nSPS) is 26.9. The van der Waals surface area contributed by atoms with Crippen LogP contribution < -0.4 is 11.1 Å². The molecule has 1 aliphatic heterocycles. The molecule has 7 nitrogen and oxygen atoms in total. The zero-order valence-electron chi connectivity index (χ0n) is 12.2. The van der Waals surface area contributed by atoms with Crippen molar-refractivity contribution >= 4 is 27.5 Å². The smallest absolute Gasteiger partial charge is 0.244 e. The molecule has 8 heteroatoms. The van der Waals surface area contributed by atoms with Crippen molar-refractivity contribution in [1.82, 2.24) is 5.32 Å². The molecule has 0 saturated carbocycles. The Bertz CT molecular complexity index is 607. The van der Waals surface area contributed by atoms with Gasteiger partial charge in [-0.3, -0.25) is 4.79 Å². The van der Waals surface area contributed by atoms with Gasteiger partial charge in [0.2, 0.25) is 12.1 Å². The Hall–Kier alpha value is -2.06. The minimum atomic E-state index is -1.83. The second-order valence-corrected chi connectivity index (χ2v) is 6.21. The van der Waals surface area contributed by atoms with E-state index in [0.29, 0.717) is 5.71 Å². The Kier molecular flexibility index (Phi) is 4.65. The van der Waals surface area contributed by atoms with Gasteiger partial charge in [0.1, 0.15) is 0 Å². The van der Waals surface area contributed by atoms with E-state index < -0.39 is 23.0 Å². The Morgan fingerprint density at radius 1 is 1.48 bits per heavy atom. The van der Waals surface area contributed by atoms with Crippen LogP contribution in [-0.2, 0) is 9.63 Å². The van der Waals surface area contributed by atoms with Crippen molar-refractivity contribution in [3.8, 4) is 12.1 Å². The van der Waals surface area contributed by atoms with Gasteiger partial charge in [0, 0.05) is 0 Å². The molecular formula is C13H16BrN5O2. The van der Waals surface area contributed by atoms with E-state index in [1.165, 1.54) is 0 Å². The third-order valence-electron chi connectivity index (χ3n) is 3.46. The number of primary amides is 1. The number of nitrogens with one attached hydrogen (secondary N) is 1. The minimum Gasteiger partial charge on any atom is -0.370 e. The zero-order valence-corrected chi connectivity index (χ0v) is 13.8. The van der Waals surface area contributed by atoms with Crippen LogP contribution in [0.5, 0.6) is 0 Å². The summed E-state index contributed by atoms with van der Waals surface area (Å²) in [7, 11) is 0. The lowest BCUT2D eigenvalue weighted by atomic mass is 9.59. The Labute approximate surface area is 131 Å². The van der Waals surface area contributed by atoms with E-state index in [1.807, 2.05) is 12.1 Å². The van der Waals surface area contributed by atoms with Crippen molar-refractivity contribution in [3.63, 3.8) is 0 Å². The molecule has 1 heterocycles. The van der Waals surface area contributed by atoms with Crippen LogP contribution in [0, 0.1) is 33.5 Å². The lowest BCUT2D eigenvalue weighted by Crippen LogP contribution is -2.61. The highest BCUT2D eigenvalue weighted by atomic mass is 79.9. The molecule has 0 spiro atoms. The predicted octanol–water partition coefficient (Wildman–Crippen LogP) is 1.48. The first-order chi connectivity index (χ1) is 9.65. The summed E-state index contributed by atoms with van der Waals surface area (Å²) in [6.45, 7) is 6.73. The average molecular weight is 354 g/mol. The van der Waals surface area contributed by atoms with E-state index in [4.69, 9.17) is 10.6 Å². The lowest BCUT2D eigenvalue weighted by molar-refractivity contribution is -0.138. The molecule has 0 unspecified atom stereocenters. The van der Waals surface area contributed by atoms with Crippen molar-refractivity contribution in [2.75, 3.05) is 0 Å². The molecule has 3 N–H and O–H groups in total. The number of carbonyl (C=O) groups excluding carboxylic acids is 1. The number of hydrogen-bond acceptors (Lipinski definition) is 6. The van der Waals surface area contributed by atoms with E-state index in [1.54, 1.807) is 27.7 Å². The fraction of sp³-hybridized carbons (Fsp3) is 0.538. The van der Waals surface area contributed by atoms with Crippen molar-refractivity contribution in [2.24, 2.45) is 21.7 Å². The molecule has 0 aromatic rings. The van der Waals surface area contributed by atoms with Gasteiger partial charge in [-0.15, -0.1) is 0 Å². The third kappa shape index (κ3) is 2.47. The molecule has 1 rings (SSSR count). The average Bonchev–Trinajstić information content (AvgIpc) is 2.37. The summed E-state index contributed by atoms with van der Waals surface area (Å²) in [5.74, 6) is -0.907. The number of oxime groups is 1. The lowest BCUT2D eigenvalue weighted by Gasteiger charge is -2.46. The first-order valence-electron chi connectivity index (χ1n) is 6.10. The van der Waals surface area contributed by atoms with Crippen molar-refractivity contribution in [2.45, 2.75) is 33.9 Å². The van der Waals surface area contributed by atoms with Crippen LogP contribution in [0.1, 0.15) is 27.7 Å². The first kappa shape index (κ1) is 17.0. The van der Waals surface area contributed by atoms with Crippen LogP contribution in [0.15, 0.2) is 15.3 Å². The summed E-state index contributed by atoms with van der Waals surface area (Å²) in [5, 5.41) is 25.6. The molecular weight excluding hydrogens is 338 g/mol. The largest absolute Gasteiger partial charge is 0.370 e. The molecule has 0 saturated heterocycles. The minimum absolute atomic E-state index is 0.0699. The summed E-state index contributed by atoms with van der Waals surface area (Å²) >= 11 is 3.16. The van der Waals surface area contributed by atoms with Crippen LogP contribution in [0.4, 0.5) is 0 Å². The van der Waals surface area contributed by atoms with Gasteiger partial charge in [-0.25, -0.2) is 0 Å². The van der Waals surface area contributed by atoms with E-state index >= 15 is 0 Å².